The fourth-order valence-electron chi connectivity index (χ4n) is 4.24. The molecule has 0 radical (unpaired) electrons. The number of halogens is 1. The fraction of sp³-hybridized carbons (Fsp3) is 0.200. The van der Waals surface area contributed by atoms with Gasteiger partial charge in [-0.05, 0) is 47.9 Å². The third kappa shape index (κ3) is 4.46. The quantitative estimate of drug-likeness (QED) is 0.416. The molecule has 174 valence electrons. The molecule has 1 N–H and O–H groups in total. The van der Waals surface area contributed by atoms with Gasteiger partial charge in [0.2, 0.25) is 15.9 Å². The molecule has 9 heteroatoms. The number of hydrogen-bond donors (Lipinski definition) is 1. The zero-order valence-corrected chi connectivity index (χ0v) is 19.8. The lowest BCUT2D eigenvalue weighted by Crippen LogP contribution is -2.43. The molecule has 1 atom stereocenters. The summed E-state index contributed by atoms with van der Waals surface area (Å²) in [5.74, 6) is -1.24. The number of rotatable bonds is 5. The number of thiazole rings is 1. The van der Waals surface area contributed by atoms with Crippen LogP contribution in [0.3, 0.4) is 0 Å². The molecule has 3 aromatic carbocycles. The van der Waals surface area contributed by atoms with E-state index in [1.165, 1.54) is 27.8 Å². The second kappa shape index (κ2) is 9.25. The maximum absolute atomic E-state index is 13.2. The van der Waals surface area contributed by atoms with E-state index in [4.69, 9.17) is 0 Å². The van der Waals surface area contributed by atoms with Gasteiger partial charge in [0, 0.05) is 24.0 Å². The minimum absolute atomic E-state index is 0.0228. The number of sulfonamides is 1. The molecule has 2 heterocycles. The number of nitrogens with zero attached hydrogens (tertiary/aromatic N) is 2. The van der Waals surface area contributed by atoms with Gasteiger partial charge in [0.05, 0.1) is 16.5 Å². The Kier molecular flexibility index (Phi) is 6.16. The molecule has 4 aromatic rings. The smallest absolute Gasteiger partial charge is 0.243 e. The van der Waals surface area contributed by atoms with Gasteiger partial charge in [-0.25, -0.2) is 17.8 Å². The van der Waals surface area contributed by atoms with Crippen molar-refractivity contribution in [3.8, 4) is 11.3 Å². The molecule has 1 aliphatic heterocycles. The Morgan fingerprint density at radius 2 is 1.82 bits per heavy atom. The van der Waals surface area contributed by atoms with E-state index in [9.17, 15) is 17.6 Å². The van der Waals surface area contributed by atoms with Gasteiger partial charge in [0.15, 0.2) is 5.13 Å². The molecule has 1 fully saturated rings. The molecule has 1 aliphatic rings. The highest BCUT2D eigenvalue weighted by molar-refractivity contribution is 7.89. The highest BCUT2D eigenvalue weighted by Crippen LogP contribution is 2.32. The summed E-state index contributed by atoms with van der Waals surface area (Å²) in [6.07, 6.45) is 1.15. The molecule has 0 aliphatic carbocycles. The SMILES string of the molecule is O=C(Nc1nc(-c2cccc3ccccc23)cs1)C1CCCN(S(=O)(=O)c2ccc(F)cc2)C1. The Morgan fingerprint density at radius 3 is 2.65 bits per heavy atom. The van der Waals surface area contributed by atoms with Crippen LogP contribution in [0.4, 0.5) is 9.52 Å². The van der Waals surface area contributed by atoms with Crippen LogP contribution in [0.5, 0.6) is 0 Å². The van der Waals surface area contributed by atoms with Crippen molar-refractivity contribution < 1.29 is 17.6 Å². The standard InChI is InChI=1S/C25H22FN3O3S2/c26-19-10-12-20(13-11-19)34(31,32)29-14-4-7-18(15-29)24(30)28-25-27-23(16-33-25)22-9-3-6-17-5-1-2-8-21(17)22/h1-3,5-6,8-13,16,18H,4,7,14-15H2,(H,27,28,30). The molecule has 0 spiro atoms. The third-order valence-electron chi connectivity index (χ3n) is 6.01. The molecule has 0 saturated carbocycles. The first kappa shape index (κ1) is 22.6. The first-order valence-electron chi connectivity index (χ1n) is 10.9. The van der Waals surface area contributed by atoms with Crippen LogP contribution in [0.25, 0.3) is 22.0 Å². The maximum atomic E-state index is 13.2. The summed E-state index contributed by atoms with van der Waals surface area (Å²) in [5.41, 5.74) is 1.77. The predicted molar refractivity (Wildman–Crippen MR) is 132 cm³/mol. The van der Waals surface area contributed by atoms with Crippen LogP contribution in [0.15, 0.2) is 77.0 Å². The number of nitrogens with one attached hydrogen (secondary N) is 1. The van der Waals surface area contributed by atoms with Crippen molar-refractivity contribution in [1.82, 2.24) is 9.29 Å². The normalized spacial score (nSPS) is 17.0. The second-order valence-electron chi connectivity index (χ2n) is 8.21. The summed E-state index contributed by atoms with van der Waals surface area (Å²) in [4.78, 5) is 17.6. The Labute approximate surface area is 201 Å². The van der Waals surface area contributed by atoms with Crippen LogP contribution in [-0.2, 0) is 14.8 Å². The topological polar surface area (TPSA) is 79.4 Å². The van der Waals surface area contributed by atoms with Gasteiger partial charge < -0.3 is 5.32 Å². The number of carbonyl (C=O) groups excluding carboxylic acids is 1. The van der Waals surface area contributed by atoms with Gasteiger partial charge in [-0.15, -0.1) is 11.3 Å². The van der Waals surface area contributed by atoms with E-state index in [-0.39, 0.29) is 17.3 Å². The van der Waals surface area contributed by atoms with E-state index in [1.807, 2.05) is 47.8 Å². The zero-order valence-electron chi connectivity index (χ0n) is 18.1. The average Bonchev–Trinajstić information content (AvgIpc) is 3.32. The van der Waals surface area contributed by atoms with E-state index in [0.29, 0.717) is 24.5 Å². The van der Waals surface area contributed by atoms with E-state index < -0.39 is 21.8 Å². The Hall–Kier alpha value is -3.14. The number of amides is 1. The van der Waals surface area contributed by atoms with Crippen LogP contribution in [0, 0.1) is 11.7 Å². The third-order valence-corrected chi connectivity index (χ3v) is 8.64. The molecule has 0 bridgehead atoms. The zero-order chi connectivity index (χ0) is 23.7. The van der Waals surface area contributed by atoms with Crippen molar-refractivity contribution in [3.05, 3.63) is 77.9 Å². The van der Waals surface area contributed by atoms with Gasteiger partial charge >= 0.3 is 0 Å². The van der Waals surface area contributed by atoms with Crippen molar-refractivity contribution in [2.24, 2.45) is 5.92 Å². The Bertz CT molecular complexity index is 1450. The number of carbonyl (C=O) groups is 1. The van der Waals surface area contributed by atoms with Gasteiger partial charge in [0.1, 0.15) is 5.82 Å². The van der Waals surface area contributed by atoms with E-state index >= 15 is 0 Å². The first-order valence-corrected chi connectivity index (χ1v) is 13.2. The predicted octanol–water partition coefficient (Wildman–Crippen LogP) is 5.14. The van der Waals surface area contributed by atoms with Crippen LogP contribution >= 0.6 is 11.3 Å². The Balaban J connectivity index is 1.30. The number of hydrogen-bond acceptors (Lipinski definition) is 5. The van der Waals surface area contributed by atoms with Crippen LogP contribution in [0.2, 0.25) is 0 Å². The molecule has 1 amide bonds. The molecule has 1 aromatic heterocycles. The van der Waals surface area contributed by atoms with Crippen molar-refractivity contribution in [1.29, 1.82) is 0 Å². The molecule has 1 saturated heterocycles. The summed E-state index contributed by atoms with van der Waals surface area (Å²) in [7, 11) is -3.80. The highest BCUT2D eigenvalue weighted by atomic mass is 32.2. The highest BCUT2D eigenvalue weighted by Gasteiger charge is 2.33. The van der Waals surface area contributed by atoms with E-state index in [1.54, 1.807) is 0 Å². The fourth-order valence-corrected chi connectivity index (χ4v) is 6.48. The van der Waals surface area contributed by atoms with Crippen molar-refractivity contribution in [2.75, 3.05) is 18.4 Å². The molecular formula is C25H22FN3O3S2. The monoisotopic (exact) mass is 495 g/mol. The van der Waals surface area contributed by atoms with Gasteiger partial charge in [0.25, 0.3) is 0 Å². The molecule has 6 nitrogen and oxygen atoms in total. The first-order chi connectivity index (χ1) is 16.4. The van der Waals surface area contributed by atoms with Crippen LogP contribution in [0.1, 0.15) is 12.8 Å². The number of benzene rings is 3. The summed E-state index contributed by atoms with van der Waals surface area (Å²) < 4.78 is 40.4. The summed E-state index contributed by atoms with van der Waals surface area (Å²) in [5, 5.41) is 7.45. The number of anilines is 1. The second-order valence-corrected chi connectivity index (χ2v) is 11.0. The molecule has 1 unspecified atom stereocenters. The van der Waals surface area contributed by atoms with Gasteiger partial charge in [-0.2, -0.15) is 4.31 Å². The lowest BCUT2D eigenvalue weighted by Gasteiger charge is -2.31. The molecular weight excluding hydrogens is 473 g/mol. The molecule has 5 rings (SSSR count). The van der Waals surface area contributed by atoms with E-state index in [0.717, 1.165) is 34.2 Å². The van der Waals surface area contributed by atoms with Crippen molar-refractivity contribution in [3.63, 3.8) is 0 Å². The lowest BCUT2D eigenvalue weighted by molar-refractivity contribution is -0.120. The molecule has 34 heavy (non-hydrogen) atoms. The average molecular weight is 496 g/mol. The minimum Gasteiger partial charge on any atom is -0.302 e. The summed E-state index contributed by atoms with van der Waals surface area (Å²) >= 11 is 1.34. The van der Waals surface area contributed by atoms with Crippen LogP contribution < -0.4 is 5.32 Å². The van der Waals surface area contributed by atoms with Crippen molar-refractivity contribution in [2.45, 2.75) is 17.7 Å². The Morgan fingerprint density at radius 1 is 1.06 bits per heavy atom. The summed E-state index contributed by atoms with van der Waals surface area (Å²) in [6.45, 7) is 0.402. The number of aromatic nitrogens is 1. The van der Waals surface area contributed by atoms with Gasteiger partial charge in [-0.3, -0.25) is 4.79 Å². The van der Waals surface area contributed by atoms with Gasteiger partial charge in [-0.1, -0.05) is 42.5 Å². The lowest BCUT2D eigenvalue weighted by atomic mass is 9.99. The summed E-state index contributed by atoms with van der Waals surface area (Å²) in [6, 6.07) is 18.8. The van der Waals surface area contributed by atoms with Crippen molar-refractivity contribution >= 4 is 43.2 Å². The largest absolute Gasteiger partial charge is 0.302 e. The number of piperidine rings is 1. The maximum Gasteiger partial charge on any atom is 0.243 e. The van der Waals surface area contributed by atoms with Crippen LogP contribution in [-0.4, -0.2) is 36.7 Å². The minimum atomic E-state index is -3.80. The van der Waals surface area contributed by atoms with E-state index in [2.05, 4.69) is 10.3 Å². The number of fused-ring (bicyclic) bond motifs is 1.